The molecule has 4 atom stereocenters. The Hall–Kier alpha value is -1.14. The third-order valence-corrected chi connectivity index (χ3v) is 6.58. The number of piperidine rings is 1. The second-order valence-corrected chi connectivity index (χ2v) is 10.6. The fourth-order valence-electron chi connectivity index (χ4n) is 4.99. The lowest BCUT2D eigenvalue weighted by atomic mass is 9.72. The number of nitrogens with one attached hydrogen (secondary N) is 2. The Kier molecular flexibility index (Phi) is 8.19. The Morgan fingerprint density at radius 2 is 2.00 bits per heavy atom. The number of β-amino-alcohol motifs (C(OH)–C–C–N with tert-alkyl or cyclic N) is 1. The summed E-state index contributed by atoms with van der Waals surface area (Å²) in [6.45, 7) is 8.66. The molecule has 1 aromatic carbocycles. The van der Waals surface area contributed by atoms with Crippen molar-refractivity contribution in [3.8, 4) is 0 Å². The first-order valence-electron chi connectivity index (χ1n) is 11.4. The topological polar surface area (TPSA) is 64.6 Å². The molecule has 6 heteroatoms. The number of aliphatic hydroxyl groups is 1. The zero-order valence-electron chi connectivity index (χ0n) is 18.7. The van der Waals surface area contributed by atoms with E-state index in [2.05, 4.69) is 15.5 Å². The summed E-state index contributed by atoms with van der Waals surface area (Å²) in [4.78, 5) is 15.3. The van der Waals surface area contributed by atoms with E-state index in [0.29, 0.717) is 31.5 Å². The molecule has 0 bridgehead atoms. The summed E-state index contributed by atoms with van der Waals surface area (Å²) in [5.41, 5.74) is 0.851. The van der Waals surface area contributed by atoms with E-state index < -0.39 is 6.10 Å². The van der Waals surface area contributed by atoms with E-state index in [0.717, 1.165) is 23.6 Å². The first-order chi connectivity index (χ1) is 14.2. The van der Waals surface area contributed by atoms with Gasteiger partial charge in [0.25, 0.3) is 0 Å². The number of rotatable bonds is 7. The number of carbonyl (C=O) groups is 1. The molecule has 1 saturated carbocycles. The van der Waals surface area contributed by atoms with E-state index in [1.165, 1.54) is 25.7 Å². The van der Waals surface area contributed by atoms with Crippen LogP contribution in [0, 0.1) is 11.8 Å². The number of hydrogen-bond donors (Lipinski definition) is 3. The van der Waals surface area contributed by atoms with Crippen molar-refractivity contribution in [2.24, 2.45) is 11.8 Å². The number of hydrogen-bond acceptors (Lipinski definition) is 4. The molecule has 5 nitrogen and oxygen atoms in total. The number of halogens is 1. The van der Waals surface area contributed by atoms with Gasteiger partial charge >= 0.3 is 0 Å². The van der Waals surface area contributed by atoms with Gasteiger partial charge in [-0.2, -0.15) is 0 Å². The molecule has 1 aliphatic carbocycles. The van der Waals surface area contributed by atoms with Crippen LogP contribution in [0.15, 0.2) is 24.3 Å². The summed E-state index contributed by atoms with van der Waals surface area (Å²) >= 11 is 6.04. The number of aliphatic hydroxyl groups excluding tert-OH is 1. The van der Waals surface area contributed by atoms with Gasteiger partial charge in [-0.3, -0.25) is 9.69 Å². The van der Waals surface area contributed by atoms with Crippen LogP contribution in [-0.2, 0) is 11.3 Å². The van der Waals surface area contributed by atoms with Crippen LogP contribution in [-0.4, -0.2) is 53.2 Å². The third kappa shape index (κ3) is 6.94. The van der Waals surface area contributed by atoms with Crippen molar-refractivity contribution in [2.45, 2.75) is 77.1 Å². The summed E-state index contributed by atoms with van der Waals surface area (Å²) < 4.78 is 0. The summed E-state index contributed by atoms with van der Waals surface area (Å²) in [5, 5.41) is 17.9. The Balaban J connectivity index is 1.57. The quantitative estimate of drug-likeness (QED) is 0.612. The van der Waals surface area contributed by atoms with Crippen molar-refractivity contribution >= 4 is 17.5 Å². The van der Waals surface area contributed by atoms with Crippen LogP contribution < -0.4 is 10.6 Å². The van der Waals surface area contributed by atoms with Gasteiger partial charge < -0.3 is 15.7 Å². The van der Waals surface area contributed by atoms with Crippen molar-refractivity contribution in [2.75, 3.05) is 19.6 Å². The minimum absolute atomic E-state index is 0.102. The smallest absolute Gasteiger partial charge is 0.237 e. The summed E-state index contributed by atoms with van der Waals surface area (Å²) in [6.07, 6.45) is 5.45. The fraction of sp³-hybridized carbons (Fsp3) is 0.708. The average Bonchev–Trinajstić information content (AvgIpc) is 2.66. The van der Waals surface area contributed by atoms with Gasteiger partial charge in [-0.1, -0.05) is 43.0 Å². The van der Waals surface area contributed by atoms with Crippen LogP contribution in [0.4, 0.5) is 0 Å². The van der Waals surface area contributed by atoms with E-state index in [-0.39, 0.29) is 17.5 Å². The molecule has 0 radical (unpaired) electrons. The molecule has 1 heterocycles. The predicted molar refractivity (Wildman–Crippen MR) is 122 cm³/mol. The molecule has 1 aromatic rings. The number of fused-ring (bicyclic) bond motifs is 1. The molecule has 0 unspecified atom stereocenters. The molecule has 1 saturated heterocycles. The van der Waals surface area contributed by atoms with Crippen molar-refractivity contribution in [3.05, 3.63) is 34.9 Å². The van der Waals surface area contributed by atoms with Crippen molar-refractivity contribution in [1.82, 2.24) is 15.5 Å². The lowest BCUT2D eigenvalue weighted by Crippen LogP contribution is -2.59. The SMILES string of the molecule is CC(C)(C)NC(=O)[C@@H]1C[C@@H]2CCCC[C@@H]2CN1C[C@H](O)CNCc1cccc(Cl)c1. The molecule has 0 spiro atoms. The minimum atomic E-state index is -0.519. The van der Waals surface area contributed by atoms with Gasteiger partial charge in [0.05, 0.1) is 12.1 Å². The Labute approximate surface area is 186 Å². The van der Waals surface area contributed by atoms with Gasteiger partial charge in [-0.25, -0.2) is 0 Å². The maximum atomic E-state index is 13.0. The fourth-order valence-corrected chi connectivity index (χ4v) is 5.21. The zero-order chi connectivity index (χ0) is 21.7. The largest absolute Gasteiger partial charge is 0.390 e. The highest BCUT2D eigenvalue weighted by Crippen LogP contribution is 2.38. The molecule has 2 aliphatic rings. The maximum absolute atomic E-state index is 13.0. The van der Waals surface area contributed by atoms with Crippen LogP contribution in [0.3, 0.4) is 0 Å². The molecule has 3 N–H and O–H groups in total. The Bertz CT molecular complexity index is 706. The van der Waals surface area contributed by atoms with Gasteiger partial charge in [-0.05, 0) is 63.1 Å². The normalized spacial score (nSPS) is 26.1. The van der Waals surface area contributed by atoms with Crippen LogP contribution in [0.25, 0.3) is 0 Å². The third-order valence-electron chi connectivity index (χ3n) is 6.35. The van der Waals surface area contributed by atoms with Crippen LogP contribution >= 0.6 is 11.6 Å². The van der Waals surface area contributed by atoms with E-state index in [4.69, 9.17) is 11.6 Å². The minimum Gasteiger partial charge on any atom is -0.390 e. The lowest BCUT2D eigenvalue weighted by Gasteiger charge is -2.46. The molecule has 1 aliphatic heterocycles. The number of amides is 1. The number of nitrogens with zero attached hydrogens (tertiary/aromatic N) is 1. The molecule has 3 rings (SSSR count). The van der Waals surface area contributed by atoms with E-state index in [1.807, 2.05) is 45.0 Å². The van der Waals surface area contributed by atoms with E-state index >= 15 is 0 Å². The average molecular weight is 436 g/mol. The molecular formula is C24H38ClN3O2. The van der Waals surface area contributed by atoms with Crippen LogP contribution in [0.2, 0.25) is 5.02 Å². The zero-order valence-corrected chi connectivity index (χ0v) is 19.4. The molecule has 30 heavy (non-hydrogen) atoms. The highest BCUT2D eigenvalue weighted by molar-refractivity contribution is 6.30. The van der Waals surface area contributed by atoms with Crippen molar-refractivity contribution in [3.63, 3.8) is 0 Å². The second kappa shape index (κ2) is 10.4. The summed E-state index contributed by atoms with van der Waals surface area (Å²) in [7, 11) is 0. The summed E-state index contributed by atoms with van der Waals surface area (Å²) in [6, 6.07) is 7.60. The van der Waals surface area contributed by atoms with Gasteiger partial charge in [0.2, 0.25) is 5.91 Å². The number of benzene rings is 1. The van der Waals surface area contributed by atoms with Crippen molar-refractivity contribution < 1.29 is 9.90 Å². The highest BCUT2D eigenvalue weighted by Gasteiger charge is 2.40. The highest BCUT2D eigenvalue weighted by atomic mass is 35.5. The van der Waals surface area contributed by atoms with Gasteiger partial charge in [0.1, 0.15) is 0 Å². The molecule has 1 amide bonds. The van der Waals surface area contributed by atoms with Crippen molar-refractivity contribution in [1.29, 1.82) is 0 Å². The molecular weight excluding hydrogens is 398 g/mol. The van der Waals surface area contributed by atoms with E-state index in [1.54, 1.807) is 0 Å². The van der Waals surface area contributed by atoms with Gasteiger partial charge in [-0.15, -0.1) is 0 Å². The van der Waals surface area contributed by atoms with E-state index in [9.17, 15) is 9.90 Å². The lowest BCUT2D eigenvalue weighted by molar-refractivity contribution is -0.132. The number of carbonyl (C=O) groups excluding carboxylic acids is 1. The first-order valence-corrected chi connectivity index (χ1v) is 11.8. The molecule has 0 aromatic heterocycles. The molecule has 168 valence electrons. The number of likely N-dealkylation sites (tertiary alicyclic amines) is 1. The maximum Gasteiger partial charge on any atom is 0.237 e. The second-order valence-electron chi connectivity index (χ2n) is 10.2. The van der Waals surface area contributed by atoms with Crippen LogP contribution in [0.1, 0.15) is 58.4 Å². The molecule has 2 fully saturated rings. The Morgan fingerprint density at radius 3 is 2.70 bits per heavy atom. The standard InChI is InChI=1S/C24H38ClN3O2/c1-24(2,3)27-23(30)22-12-18-8-4-5-9-19(18)15-28(22)16-21(29)14-26-13-17-7-6-10-20(25)11-17/h6-7,10-11,18-19,21-22,26,29H,4-5,8-9,12-16H2,1-3H3,(H,27,30)/t18-,19+,21+,22-/m0/s1. The van der Waals surface area contributed by atoms with Crippen LogP contribution in [0.5, 0.6) is 0 Å². The summed E-state index contributed by atoms with van der Waals surface area (Å²) in [5.74, 6) is 1.40. The predicted octanol–water partition coefficient (Wildman–Crippen LogP) is 3.59. The first kappa shape index (κ1) is 23.5. The van der Waals surface area contributed by atoms with Gasteiger partial charge in [0, 0.05) is 36.7 Å². The van der Waals surface area contributed by atoms with Gasteiger partial charge in [0.15, 0.2) is 0 Å². The monoisotopic (exact) mass is 435 g/mol. The Morgan fingerprint density at radius 1 is 1.27 bits per heavy atom.